The van der Waals surface area contributed by atoms with E-state index < -0.39 is 5.79 Å². The minimum atomic E-state index is -0.579. The van der Waals surface area contributed by atoms with Gasteiger partial charge in [0.2, 0.25) is 0 Å². The summed E-state index contributed by atoms with van der Waals surface area (Å²) in [6, 6.07) is 2.12. The lowest BCUT2D eigenvalue weighted by Gasteiger charge is -2.24. The van der Waals surface area contributed by atoms with E-state index in [1.54, 1.807) is 0 Å². The van der Waals surface area contributed by atoms with E-state index in [4.69, 9.17) is 25.8 Å². The summed E-state index contributed by atoms with van der Waals surface area (Å²) in [4.78, 5) is 8.54. The summed E-state index contributed by atoms with van der Waals surface area (Å²) in [6.45, 7) is 7.68. The predicted octanol–water partition coefficient (Wildman–Crippen LogP) is 4.37. The zero-order chi connectivity index (χ0) is 19.0. The minimum absolute atomic E-state index is 0.0198. The van der Waals surface area contributed by atoms with Crippen molar-refractivity contribution in [3.05, 3.63) is 23.7 Å². The molecule has 148 valence electrons. The summed E-state index contributed by atoms with van der Waals surface area (Å²) >= 11 is 6.23. The van der Waals surface area contributed by atoms with Crippen LogP contribution in [0.15, 0.2) is 18.6 Å². The highest BCUT2D eigenvalue weighted by molar-refractivity contribution is 6.33. The predicted molar refractivity (Wildman–Crippen MR) is 104 cm³/mol. The molecule has 2 aromatic heterocycles. The van der Waals surface area contributed by atoms with Gasteiger partial charge in [-0.2, -0.15) is 0 Å². The monoisotopic (exact) mass is 393 g/mol. The van der Waals surface area contributed by atoms with Crippen molar-refractivity contribution < 1.29 is 14.2 Å². The first-order valence-electron chi connectivity index (χ1n) is 9.90. The summed E-state index contributed by atoms with van der Waals surface area (Å²) in [6.07, 6.45) is 8.02. The van der Waals surface area contributed by atoms with Crippen LogP contribution in [0.1, 0.15) is 52.5 Å². The second-order valence-electron chi connectivity index (χ2n) is 8.03. The van der Waals surface area contributed by atoms with E-state index in [1.807, 2.05) is 26.1 Å². The smallest absolute Gasteiger partial charge is 0.163 e. The normalized spacial score (nSPS) is 29.5. The maximum atomic E-state index is 6.29. The van der Waals surface area contributed by atoms with E-state index in [-0.39, 0.29) is 18.2 Å². The molecule has 1 aliphatic carbocycles. The quantitative estimate of drug-likeness (QED) is 0.516. The molecule has 6 nitrogen and oxygen atoms in total. The third-order valence-electron chi connectivity index (χ3n) is 5.59. The van der Waals surface area contributed by atoms with Crippen molar-refractivity contribution in [3.8, 4) is 0 Å². The molecule has 4 rings (SSSR count). The van der Waals surface area contributed by atoms with Gasteiger partial charge in [-0.15, -0.1) is 0 Å². The Hall–Kier alpha value is -1.21. The molecule has 2 aromatic rings. The maximum Gasteiger partial charge on any atom is 0.163 e. The summed E-state index contributed by atoms with van der Waals surface area (Å²) in [7, 11) is 0. The molecule has 3 heterocycles. The first-order chi connectivity index (χ1) is 13.0. The van der Waals surface area contributed by atoms with Gasteiger partial charge >= 0.3 is 0 Å². The van der Waals surface area contributed by atoms with E-state index in [1.165, 1.54) is 19.2 Å². The number of aromatic nitrogens is 3. The first-order valence-corrected chi connectivity index (χ1v) is 10.3. The number of fused-ring (bicyclic) bond motifs is 2. The molecule has 2 fully saturated rings. The molecule has 0 N–H and O–H groups in total. The average molecular weight is 394 g/mol. The second-order valence-corrected chi connectivity index (χ2v) is 8.39. The summed E-state index contributed by atoms with van der Waals surface area (Å²) in [5, 5.41) is 1.35. The average Bonchev–Trinajstić information content (AvgIpc) is 3.27. The zero-order valence-corrected chi connectivity index (χ0v) is 17.0. The number of halogens is 1. The first kappa shape index (κ1) is 19.1. The van der Waals surface area contributed by atoms with E-state index in [0.717, 1.165) is 30.5 Å². The van der Waals surface area contributed by atoms with Gasteiger partial charge in [-0.1, -0.05) is 31.4 Å². The van der Waals surface area contributed by atoms with Crippen LogP contribution in [-0.4, -0.2) is 45.7 Å². The lowest BCUT2D eigenvalue weighted by atomic mass is 10.1. The standard InChI is InChI=1S/C20H28ClN3O3/c1-4-5-6-9-25-11-13-10-15(17-16(13)26-20(2,3)27-17)24-8-7-14-18(21)22-12-23-19(14)24/h7-8,12-13,15-17H,4-6,9-11H2,1-3H3/t13-,15-,16-,17+/m1/s1. The Kier molecular flexibility index (Phi) is 5.43. The SMILES string of the molecule is CCCCCOC[C@H]1C[C@@H](n2ccc3c(Cl)ncnc32)[C@@H]2OC(C)(C)O[C@H]12. The lowest BCUT2D eigenvalue weighted by molar-refractivity contribution is -0.162. The fourth-order valence-corrected chi connectivity index (χ4v) is 4.58. The Morgan fingerprint density at radius 3 is 2.89 bits per heavy atom. The minimum Gasteiger partial charge on any atom is -0.381 e. The van der Waals surface area contributed by atoms with E-state index >= 15 is 0 Å². The topological polar surface area (TPSA) is 58.4 Å². The van der Waals surface area contributed by atoms with Crippen LogP contribution >= 0.6 is 11.6 Å². The highest BCUT2D eigenvalue weighted by Gasteiger charge is 2.54. The summed E-state index contributed by atoms with van der Waals surface area (Å²) in [5.74, 6) is -0.275. The van der Waals surface area contributed by atoms with Gasteiger partial charge < -0.3 is 18.8 Å². The number of unbranched alkanes of at least 4 members (excludes halogenated alkanes) is 2. The molecule has 0 spiro atoms. The van der Waals surface area contributed by atoms with Gasteiger partial charge in [0, 0.05) is 18.7 Å². The van der Waals surface area contributed by atoms with Crippen LogP contribution in [0.5, 0.6) is 0 Å². The molecule has 1 aliphatic heterocycles. The van der Waals surface area contributed by atoms with Gasteiger partial charge in [0.05, 0.1) is 24.1 Å². The number of rotatable bonds is 7. The van der Waals surface area contributed by atoms with Crippen molar-refractivity contribution in [2.45, 2.75) is 70.5 Å². The molecule has 0 bridgehead atoms. The number of hydrogen-bond acceptors (Lipinski definition) is 5. The molecule has 0 unspecified atom stereocenters. The van der Waals surface area contributed by atoms with E-state index in [2.05, 4.69) is 21.5 Å². The number of nitrogens with zero attached hydrogens (tertiary/aromatic N) is 3. The molecule has 27 heavy (non-hydrogen) atoms. The summed E-state index contributed by atoms with van der Waals surface area (Å²) in [5.41, 5.74) is 0.844. The molecule has 1 saturated carbocycles. The third-order valence-corrected chi connectivity index (χ3v) is 5.89. The molecule has 0 radical (unpaired) electrons. The van der Waals surface area contributed by atoms with E-state index in [0.29, 0.717) is 17.7 Å². The van der Waals surface area contributed by atoms with Crippen LogP contribution in [-0.2, 0) is 14.2 Å². The van der Waals surface area contributed by atoms with Crippen LogP contribution in [0.4, 0.5) is 0 Å². The Morgan fingerprint density at radius 1 is 1.26 bits per heavy atom. The van der Waals surface area contributed by atoms with Crippen LogP contribution in [0.25, 0.3) is 11.0 Å². The van der Waals surface area contributed by atoms with Crippen molar-refractivity contribution >= 4 is 22.6 Å². The molecule has 4 atom stereocenters. The Balaban J connectivity index is 1.54. The lowest BCUT2D eigenvalue weighted by Crippen LogP contribution is -2.28. The second kappa shape index (κ2) is 7.66. The molecule has 0 amide bonds. The molecule has 0 aromatic carbocycles. The Bertz CT molecular complexity index is 794. The maximum absolute atomic E-state index is 6.29. The highest BCUT2D eigenvalue weighted by Crippen LogP contribution is 2.47. The van der Waals surface area contributed by atoms with Gasteiger partial charge in [0.25, 0.3) is 0 Å². The van der Waals surface area contributed by atoms with Crippen molar-refractivity contribution in [1.82, 2.24) is 14.5 Å². The Morgan fingerprint density at radius 2 is 2.07 bits per heavy atom. The summed E-state index contributed by atoms with van der Waals surface area (Å²) < 4.78 is 20.7. The van der Waals surface area contributed by atoms with Crippen molar-refractivity contribution in [1.29, 1.82) is 0 Å². The van der Waals surface area contributed by atoms with Crippen LogP contribution in [0.3, 0.4) is 0 Å². The largest absolute Gasteiger partial charge is 0.381 e. The molecule has 1 saturated heterocycles. The van der Waals surface area contributed by atoms with Gasteiger partial charge in [0.1, 0.15) is 23.2 Å². The number of ether oxygens (including phenoxy) is 3. The molecular weight excluding hydrogens is 366 g/mol. The highest BCUT2D eigenvalue weighted by atomic mass is 35.5. The fourth-order valence-electron chi connectivity index (χ4n) is 4.39. The number of hydrogen-bond donors (Lipinski definition) is 0. The molecule has 7 heteroatoms. The Labute approximate surface area is 165 Å². The fraction of sp³-hybridized carbons (Fsp3) is 0.700. The van der Waals surface area contributed by atoms with E-state index in [9.17, 15) is 0 Å². The van der Waals surface area contributed by atoms with Crippen LogP contribution in [0, 0.1) is 5.92 Å². The van der Waals surface area contributed by atoms with Gasteiger partial charge in [0.15, 0.2) is 5.79 Å². The van der Waals surface area contributed by atoms with Crippen molar-refractivity contribution in [2.75, 3.05) is 13.2 Å². The third kappa shape index (κ3) is 3.73. The van der Waals surface area contributed by atoms with Gasteiger partial charge in [-0.05, 0) is 32.8 Å². The molecule has 2 aliphatic rings. The van der Waals surface area contributed by atoms with Crippen molar-refractivity contribution in [2.24, 2.45) is 5.92 Å². The van der Waals surface area contributed by atoms with Gasteiger partial charge in [-0.25, -0.2) is 9.97 Å². The van der Waals surface area contributed by atoms with Crippen LogP contribution in [0.2, 0.25) is 5.15 Å². The van der Waals surface area contributed by atoms with Crippen molar-refractivity contribution in [3.63, 3.8) is 0 Å². The van der Waals surface area contributed by atoms with Crippen LogP contribution < -0.4 is 0 Å². The molecular formula is C20H28ClN3O3. The zero-order valence-electron chi connectivity index (χ0n) is 16.2. The van der Waals surface area contributed by atoms with Gasteiger partial charge in [-0.3, -0.25) is 0 Å².